The Morgan fingerprint density at radius 3 is 2.71 bits per heavy atom. The van der Waals surface area contributed by atoms with Crippen molar-refractivity contribution in [2.75, 3.05) is 6.54 Å². The first kappa shape index (κ1) is 18.3. The first-order valence-corrected chi connectivity index (χ1v) is 8.81. The van der Waals surface area contributed by atoms with Gasteiger partial charge in [-0.05, 0) is 37.1 Å². The van der Waals surface area contributed by atoms with E-state index in [-0.39, 0.29) is 29.4 Å². The van der Waals surface area contributed by atoms with Gasteiger partial charge < -0.3 is 15.6 Å². The summed E-state index contributed by atoms with van der Waals surface area (Å²) in [6, 6.07) is 4.02. The molecule has 0 bridgehead atoms. The lowest BCUT2D eigenvalue weighted by Gasteiger charge is -2.28. The van der Waals surface area contributed by atoms with Crippen molar-refractivity contribution in [3.05, 3.63) is 35.5 Å². The molecule has 2 unspecified atom stereocenters. The second-order valence-electron chi connectivity index (χ2n) is 7.16. The van der Waals surface area contributed by atoms with Crippen LogP contribution in [0, 0.1) is 5.92 Å². The minimum Gasteiger partial charge on any atom is -0.351 e. The van der Waals surface area contributed by atoms with Crippen LogP contribution in [-0.4, -0.2) is 34.9 Å². The van der Waals surface area contributed by atoms with Gasteiger partial charge >= 0.3 is 12.2 Å². The molecule has 4 N–H and O–H groups in total. The van der Waals surface area contributed by atoms with Crippen molar-refractivity contribution < 1.29 is 27.6 Å². The van der Waals surface area contributed by atoms with Crippen molar-refractivity contribution in [2.45, 2.75) is 31.0 Å². The van der Waals surface area contributed by atoms with Gasteiger partial charge in [-0.1, -0.05) is 6.42 Å². The predicted octanol–water partition coefficient (Wildman–Crippen LogP) is 2.29. The summed E-state index contributed by atoms with van der Waals surface area (Å²) < 4.78 is 38.5. The number of rotatable bonds is 3. The standard InChI is InChI=1S/C18H17F3N4O3/c19-18(20,21)10-3-4-12-9(6-10)7-13(23-12)14(26)22-8-11-2-1-5-17(11)15(27)24-16(28)25-17/h3-4,6-7,11,23H,1-2,5,8H2,(H,22,26)(H2,24,25,27,28). The largest absolute Gasteiger partial charge is 0.416 e. The molecule has 7 nitrogen and oxygen atoms in total. The number of alkyl halides is 3. The number of H-pyrrole nitrogens is 1. The smallest absolute Gasteiger partial charge is 0.351 e. The fourth-order valence-electron chi connectivity index (χ4n) is 4.07. The Balaban J connectivity index is 1.48. The van der Waals surface area contributed by atoms with Crippen LogP contribution in [0.5, 0.6) is 0 Å². The summed E-state index contributed by atoms with van der Waals surface area (Å²) in [5.74, 6) is -1.14. The number of nitrogens with one attached hydrogen (secondary N) is 4. The number of urea groups is 1. The van der Waals surface area contributed by atoms with Crippen LogP contribution < -0.4 is 16.0 Å². The van der Waals surface area contributed by atoms with E-state index in [1.54, 1.807) is 0 Å². The second kappa shape index (κ2) is 6.25. The van der Waals surface area contributed by atoms with Gasteiger partial charge in [0.15, 0.2) is 0 Å². The number of hydrogen-bond donors (Lipinski definition) is 4. The van der Waals surface area contributed by atoms with Crippen molar-refractivity contribution in [3.8, 4) is 0 Å². The lowest BCUT2D eigenvalue weighted by Crippen LogP contribution is -2.53. The van der Waals surface area contributed by atoms with Crippen molar-refractivity contribution >= 4 is 28.7 Å². The van der Waals surface area contributed by atoms with E-state index in [9.17, 15) is 27.6 Å². The molecule has 1 aromatic carbocycles. The molecule has 2 atom stereocenters. The van der Waals surface area contributed by atoms with Crippen LogP contribution in [0.25, 0.3) is 10.9 Å². The number of aromatic nitrogens is 1. The lowest BCUT2D eigenvalue weighted by molar-refractivity contribution is -0.137. The minimum absolute atomic E-state index is 0.126. The normalized spacial score (nSPS) is 24.6. The Hall–Kier alpha value is -3.04. The van der Waals surface area contributed by atoms with Crippen molar-refractivity contribution in [2.24, 2.45) is 5.92 Å². The van der Waals surface area contributed by atoms with E-state index in [1.165, 1.54) is 12.1 Å². The number of imide groups is 1. The van der Waals surface area contributed by atoms with Gasteiger partial charge in [0, 0.05) is 23.4 Å². The van der Waals surface area contributed by atoms with E-state index in [2.05, 4.69) is 20.9 Å². The average Bonchev–Trinajstić information content (AvgIpc) is 3.29. The first-order chi connectivity index (χ1) is 13.2. The van der Waals surface area contributed by atoms with Crippen LogP contribution in [0.1, 0.15) is 35.3 Å². The summed E-state index contributed by atoms with van der Waals surface area (Å²) in [5, 5.41) is 7.89. The molecule has 148 valence electrons. The number of hydrogen-bond acceptors (Lipinski definition) is 3. The lowest BCUT2D eigenvalue weighted by atomic mass is 9.87. The molecule has 1 aliphatic heterocycles. The predicted molar refractivity (Wildman–Crippen MR) is 92.4 cm³/mol. The van der Waals surface area contributed by atoms with Gasteiger partial charge in [0.05, 0.1) is 5.56 Å². The number of aromatic amines is 1. The van der Waals surface area contributed by atoms with Crippen LogP contribution in [0.2, 0.25) is 0 Å². The molecule has 10 heteroatoms. The van der Waals surface area contributed by atoms with Crippen LogP contribution in [0.15, 0.2) is 24.3 Å². The maximum Gasteiger partial charge on any atom is 0.416 e. The SMILES string of the molecule is O=C1NC(=O)C2(CCCC2CNC(=O)c2cc3cc(C(F)(F)F)ccc3[nH]2)N1. The molecule has 0 radical (unpaired) electrons. The van der Waals surface area contributed by atoms with E-state index in [0.29, 0.717) is 18.4 Å². The van der Waals surface area contributed by atoms with E-state index in [0.717, 1.165) is 18.6 Å². The fourth-order valence-corrected chi connectivity index (χ4v) is 4.07. The summed E-state index contributed by atoms with van der Waals surface area (Å²) in [6.45, 7) is 0.162. The highest BCUT2D eigenvalue weighted by molar-refractivity contribution is 6.07. The highest BCUT2D eigenvalue weighted by atomic mass is 19.4. The van der Waals surface area contributed by atoms with Gasteiger partial charge in [-0.3, -0.25) is 14.9 Å². The maximum absolute atomic E-state index is 12.8. The average molecular weight is 394 g/mol. The highest BCUT2D eigenvalue weighted by Crippen LogP contribution is 2.37. The third-order valence-corrected chi connectivity index (χ3v) is 5.49. The van der Waals surface area contributed by atoms with Crippen LogP contribution >= 0.6 is 0 Å². The van der Waals surface area contributed by atoms with Crippen molar-refractivity contribution in [1.29, 1.82) is 0 Å². The summed E-state index contributed by atoms with van der Waals surface area (Å²) in [7, 11) is 0. The molecule has 1 saturated carbocycles. The zero-order valence-corrected chi connectivity index (χ0v) is 14.6. The van der Waals surface area contributed by atoms with Gasteiger partial charge in [0.25, 0.3) is 11.8 Å². The first-order valence-electron chi connectivity index (χ1n) is 8.81. The van der Waals surface area contributed by atoms with E-state index < -0.39 is 29.2 Å². The molecule has 2 heterocycles. The van der Waals surface area contributed by atoms with Crippen molar-refractivity contribution in [3.63, 3.8) is 0 Å². The number of halogens is 3. The molecule has 4 amide bonds. The number of amides is 4. The van der Waals surface area contributed by atoms with E-state index in [4.69, 9.17) is 0 Å². The van der Waals surface area contributed by atoms with E-state index in [1.807, 2.05) is 0 Å². The number of fused-ring (bicyclic) bond motifs is 1. The Kier molecular flexibility index (Phi) is 4.09. The minimum atomic E-state index is -4.46. The third-order valence-electron chi connectivity index (χ3n) is 5.49. The maximum atomic E-state index is 12.8. The summed E-state index contributed by atoms with van der Waals surface area (Å²) in [5.41, 5.74) is -1.26. The van der Waals surface area contributed by atoms with Gasteiger partial charge in [-0.25, -0.2) is 4.79 Å². The molecule has 2 fully saturated rings. The zero-order valence-electron chi connectivity index (χ0n) is 14.6. The molecule has 1 spiro atoms. The Labute approximate surface area is 157 Å². The fraction of sp³-hybridized carbons (Fsp3) is 0.389. The van der Waals surface area contributed by atoms with Gasteiger partial charge in [-0.2, -0.15) is 13.2 Å². The molecule has 2 aromatic rings. The zero-order chi connectivity index (χ0) is 20.1. The topological polar surface area (TPSA) is 103 Å². The Morgan fingerprint density at radius 2 is 2.04 bits per heavy atom. The second-order valence-corrected chi connectivity index (χ2v) is 7.16. The number of carbonyl (C=O) groups is 3. The quantitative estimate of drug-likeness (QED) is 0.601. The van der Waals surface area contributed by atoms with Crippen LogP contribution in [0.4, 0.5) is 18.0 Å². The van der Waals surface area contributed by atoms with Crippen molar-refractivity contribution in [1.82, 2.24) is 20.9 Å². The molecular formula is C18H17F3N4O3. The van der Waals surface area contributed by atoms with E-state index >= 15 is 0 Å². The molecule has 1 aliphatic carbocycles. The van der Waals surface area contributed by atoms with Gasteiger partial charge in [0.1, 0.15) is 11.2 Å². The number of carbonyl (C=O) groups excluding carboxylic acids is 3. The van der Waals surface area contributed by atoms with Crippen LogP contribution in [0.3, 0.4) is 0 Å². The van der Waals surface area contributed by atoms with Crippen LogP contribution in [-0.2, 0) is 11.0 Å². The monoisotopic (exact) mass is 394 g/mol. The van der Waals surface area contributed by atoms with Gasteiger partial charge in [0.2, 0.25) is 0 Å². The molecule has 4 rings (SSSR count). The van der Waals surface area contributed by atoms with Gasteiger partial charge in [-0.15, -0.1) is 0 Å². The summed E-state index contributed by atoms with van der Waals surface area (Å²) >= 11 is 0. The molecule has 2 aliphatic rings. The molecular weight excluding hydrogens is 377 g/mol. The molecule has 1 aromatic heterocycles. The summed E-state index contributed by atoms with van der Waals surface area (Å²) in [6.07, 6.45) is -2.56. The Morgan fingerprint density at radius 1 is 1.25 bits per heavy atom. The highest BCUT2D eigenvalue weighted by Gasteiger charge is 2.54. The molecule has 1 saturated heterocycles. The number of benzene rings is 1. The third kappa shape index (κ3) is 2.98. The Bertz CT molecular complexity index is 984. The summed E-state index contributed by atoms with van der Waals surface area (Å²) in [4.78, 5) is 38.9. The molecule has 28 heavy (non-hydrogen) atoms.